The Bertz CT molecular complexity index is 955. The third-order valence-electron chi connectivity index (χ3n) is 4.89. The Morgan fingerprint density at radius 3 is 2.89 bits per heavy atom. The fraction of sp³-hybridized carbons (Fsp3) is 0.261. The number of anilines is 1. The van der Waals surface area contributed by atoms with Crippen LogP contribution in [0.15, 0.2) is 54.7 Å². The molecule has 2 aromatic carbocycles. The molecule has 0 saturated carbocycles. The first kappa shape index (κ1) is 17.5. The van der Waals surface area contributed by atoms with Gasteiger partial charge in [-0.05, 0) is 85.3 Å². The highest BCUT2D eigenvalue weighted by atomic mass is 19.1. The van der Waals surface area contributed by atoms with Crippen LogP contribution in [0.2, 0.25) is 0 Å². The van der Waals surface area contributed by atoms with Crippen molar-refractivity contribution in [1.29, 1.82) is 0 Å². The maximum atomic E-state index is 14.0. The summed E-state index contributed by atoms with van der Waals surface area (Å²) in [7, 11) is 0. The van der Waals surface area contributed by atoms with Crippen LogP contribution < -0.4 is 10.1 Å². The van der Waals surface area contributed by atoms with Crippen molar-refractivity contribution in [1.82, 2.24) is 4.98 Å². The number of pyridine rings is 1. The molecule has 0 amide bonds. The Hall–Kier alpha value is -2.88. The molecule has 0 fully saturated rings. The van der Waals surface area contributed by atoms with E-state index in [1.54, 1.807) is 18.3 Å². The smallest absolute Gasteiger partial charge is 0.130 e. The highest BCUT2D eigenvalue weighted by Crippen LogP contribution is 2.34. The molecule has 27 heavy (non-hydrogen) atoms. The number of aromatic nitrogens is 1. The van der Waals surface area contributed by atoms with Crippen LogP contribution in [-0.4, -0.2) is 11.5 Å². The van der Waals surface area contributed by atoms with Crippen molar-refractivity contribution in [2.45, 2.75) is 32.8 Å². The van der Waals surface area contributed by atoms with E-state index in [0.717, 1.165) is 41.8 Å². The fourth-order valence-corrected chi connectivity index (χ4v) is 3.49. The molecule has 1 aliphatic heterocycles. The van der Waals surface area contributed by atoms with Gasteiger partial charge >= 0.3 is 0 Å². The van der Waals surface area contributed by atoms with Crippen molar-refractivity contribution in [3.63, 3.8) is 0 Å². The first-order valence-corrected chi connectivity index (χ1v) is 9.40. The van der Waals surface area contributed by atoms with E-state index in [-0.39, 0.29) is 5.82 Å². The lowest BCUT2D eigenvalue weighted by Gasteiger charge is -2.14. The third kappa shape index (κ3) is 4.11. The average molecular weight is 362 g/mol. The van der Waals surface area contributed by atoms with Crippen LogP contribution in [0.3, 0.4) is 0 Å². The molecule has 4 heteroatoms. The van der Waals surface area contributed by atoms with Crippen molar-refractivity contribution < 1.29 is 9.13 Å². The van der Waals surface area contributed by atoms with Gasteiger partial charge in [-0.1, -0.05) is 6.07 Å². The van der Waals surface area contributed by atoms with Gasteiger partial charge < -0.3 is 10.1 Å². The molecule has 0 radical (unpaired) electrons. The summed E-state index contributed by atoms with van der Waals surface area (Å²) in [5.41, 5.74) is 6.20. The Morgan fingerprint density at radius 1 is 1.07 bits per heavy atom. The van der Waals surface area contributed by atoms with E-state index in [0.29, 0.717) is 12.4 Å². The molecule has 0 unspecified atom stereocenters. The summed E-state index contributed by atoms with van der Waals surface area (Å²) in [4.78, 5) is 4.34. The van der Waals surface area contributed by atoms with Crippen LogP contribution in [0.1, 0.15) is 29.7 Å². The molecule has 0 spiro atoms. The van der Waals surface area contributed by atoms with E-state index in [2.05, 4.69) is 22.4 Å². The molecular weight excluding hydrogens is 339 g/mol. The van der Waals surface area contributed by atoms with Gasteiger partial charge in [-0.25, -0.2) is 4.39 Å². The van der Waals surface area contributed by atoms with Crippen LogP contribution in [-0.2, 0) is 13.0 Å². The van der Waals surface area contributed by atoms with Gasteiger partial charge in [0, 0.05) is 24.0 Å². The van der Waals surface area contributed by atoms with Gasteiger partial charge in [0.1, 0.15) is 18.2 Å². The summed E-state index contributed by atoms with van der Waals surface area (Å²) >= 11 is 0. The maximum Gasteiger partial charge on any atom is 0.130 e. The molecule has 0 aliphatic carbocycles. The number of aryl methyl sites for hydroxylation is 2. The quantitative estimate of drug-likeness (QED) is 0.663. The molecule has 0 atom stereocenters. The van der Waals surface area contributed by atoms with E-state index >= 15 is 0 Å². The van der Waals surface area contributed by atoms with E-state index in [9.17, 15) is 4.39 Å². The van der Waals surface area contributed by atoms with Gasteiger partial charge in [0.2, 0.25) is 0 Å². The summed E-state index contributed by atoms with van der Waals surface area (Å²) in [5.74, 6) is 0.403. The predicted octanol–water partition coefficient (Wildman–Crippen LogP) is 5.52. The summed E-state index contributed by atoms with van der Waals surface area (Å²) < 4.78 is 20.0. The van der Waals surface area contributed by atoms with Gasteiger partial charge in [-0.15, -0.1) is 0 Å². The van der Waals surface area contributed by atoms with Crippen LogP contribution in [0.5, 0.6) is 5.75 Å². The van der Waals surface area contributed by atoms with Gasteiger partial charge in [0.15, 0.2) is 0 Å². The van der Waals surface area contributed by atoms with Crippen molar-refractivity contribution in [2.75, 3.05) is 11.9 Å². The molecule has 1 aromatic heterocycles. The Labute approximate surface area is 159 Å². The number of hydrogen-bond acceptors (Lipinski definition) is 3. The Kier molecular flexibility index (Phi) is 5.05. The third-order valence-corrected chi connectivity index (χ3v) is 4.89. The number of fused-ring (bicyclic) bond motifs is 1. The average Bonchev–Trinajstić information content (AvgIpc) is 2.92. The maximum absolute atomic E-state index is 14.0. The van der Waals surface area contributed by atoms with Crippen LogP contribution in [0.25, 0.3) is 11.1 Å². The molecule has 0 bridgehead atoms. The van der Waals surface area contributed by atoms with E-state index in [4.69, 9.17) is 4.74 Å². The number of rotatable bonds is 4. The summed E-state index contributed by atoms with van der Waals surface area (Å²) in [6.45, 7) is 3.38. The summed E-state index contributed by atoms with van der Waals surface area (Å²) in [5, 5.41) is 3.47. The highest BCUT2D eigenvalue weighted by Gasteiger charge is 2.13. The number of halogens is 1. The van der Waals surface area contributed by atoms with Gasteiger partial charge in [-0.3, -0.25) is 4.98 Å². The number of nitrogens with zero attached hydrogens (tertiary/aromatic N) is 1. The normalized spacial score (nSPS) is 13.4. The minimum atomic E-state index is -0.265. The molecule has 1 N–H and O–H groups in total. The number of nitrogens with one attached hydrogen (secondary N) is 1. The van der Waals surface area contributed by atoms with E-state index in [1.165, 1.54) is 23.7 Å². The monoisotopic (exact) mass is 362 g/mol. The molecule has 4 rings (SSSR count). The van der Waals surface area contributed by atoms with E-state index < -0.39 is 0 Å². The zero-order valence-corrected chi connectivity index (χ0v) is 15.5. The van der Waals surface area contributed by atoms with Gasteiger partial charge in [-0.2, -0.15) is 0 Å². The largest absolute Gasteiger partial charge is 0.487 e. The van der Waals surface area contributed by atoms with Crippen molar-refractivity contribution in [2.24, 2.45) is 0 Å². The van der Waals surface area contributed by atoms with E-state index in [1.807, 2.05) is 25.1 Å². The Morgan fingerprint density at radius 2 is 2.00 bits per heavy atom. The van der Waals surface area contributed by atoms with Gasteiger partial charge in [0.25, 0.3) is 0 Å². The second-order valence-electron chi connectivity index (χ2n) is 7.01. The minimum Gasteiger partial charge on any atom is -0.487 e. The first-order valence-electron chi connectivity index (χ1n) is 9.40. The van der Waals surface area contributed by atoms with Crippen LogP contribution in [0, 0.1) is 12.7 Å². The SMILES string of the molecule is Cc1ccnc(COc2ccc(F)cc2-c2ccc3c(c2)CCCCN3)c1. The van der Waals surface area contributed by atoms with Crippen LogP contribution >= 0.6 is 0 Å². The van der Waals surface area contributed by atoms with Crippen molar-refractivity contribution in [3.8, 4) is 16.9 Å². The highest BCUT2D eigenvalue weighted by molar-refractivity contribution is 5.74. The standard InChI is InChI=1S/C23H23FN2O/c1-16-9-11-25-20(12-16)15-27-23-8-6-19(24)14-21(23)17-5-7-22-18(13-17)4-2-3-10-26-22/h5-9,11-14,26H,2-4,10,15H2,1H3. The predicted molar refractivity (Wildman–Crippen MR) is 107 cm³/mol. The second kappa shape index (κ2) is 7.78. The lowest BCUT2D eigenvalue weighted by Crippen LogP contribution is -2.01. The topological polar surface area (TPSA) is 34.1 Å². The molecule has 1 aliphatic rings. The lowest BCUT2D eigenvalue weighted by atomic mass is 9.99. The Balaban J connectivity index is 1.64. The summed E-state index contributed by atoms with van der Waals surface area (Å²) in [6.07, 6.45) is 5.14. The first-order chi connectivity index (χ1) is 13.2. The van der Waals surface area contributed by atoms with Crippen molar-refractivity contribution >= 4 is 5.69 Å². The molecule has 3 nitrogen and oxygen atoms in total. The van der Waals surface area contributed by atoms with Crippen LogP contribution in [0.4, 0.5) is 10.1 Å². The molecule has 0 saturated heterocycles. The molecular formula is C23H23FN2O. The van der Waals surface area contributed by atoms with Gasteiger partial charge in [0.05, 0.1) is 5.69 Å². The molecule has 138 valence electrons. The number of benzene rings is 2. The lowest BCUT2D eigenvalue weighted by molar-refractivity contribution is 0.302. The summed E-state index contributed by atoms with van der Waals surface area (Å²) in [6, 6.07) is 14.9. The minimum absolute atomic E-state index is 0.265. The van der Waals surface area contributed by atoms with Crippen molar-refractivity contribution in [3.05, 3.63) is 77.4 Å². The zero-order chi connectivity index (χ0) is 18.6. The molecule has 3 aromatic rings. The fourth-order valence-electron chi connectivity index (χ4n) is 3.49. The zero-order valence-electron chi connectivity index (χ0n) is 15.5. The molecule has 2 heterocycles. The second-order valence-corrected chi connectivity index (χ2v) is 7.01. The number of hydrogen-bond donors (Lipinski definition) is 1. The number of ether oxygens (including phenoxy) is 1.